The summed E-state index contributed by atoms with van der Waals surface area (Å²) in [5, 5.41) is 9.28. The summed E-state index contributed by atoms with van der Waals surface area (Å²) in [6.45, 7) is 1.98. The molecule has 2 aromatic rings. The van der Waals surface area contributed by atoms with Crippen LogP contribution in [0, 0.1) is 18.3 Å². The fraction of sp³-hybridized carbons (Fsp3) is 0.261. The van der Waals surface area contributed by atoms with Crippen LogP contribution in [0.5, 0.6) is 0 Å². The number of hydrogen-bond donors (Lipinski definition) is 0. The van der Waals surface area contributed by atoms with Crippen molar-refractivity contribution in [2.75, 3.05) is 32.6 Å². The minimum Gasteiger partial charge on any atom is -0.451 e. The summed E-state index contributed by atoms with van der Waals surface area (Å²) in [4.78, 5) is 27.9. The number of ether oxygens (including phenoxy) is 1. The number of carbonyl (C=O) groups is 2. The first-order valence-corrected chi connectivity index (χ1v) is 9.16. The van der Waals surface area contributed by atoms with Gasteiger partial charge < -0.3 is 14.5 Å². The highest BCUT2D eigenvalue weighted by Crippen LogP contribution is 2.15. The SMILES string of the molecule is Cc1ccccc1CN(C)C(=O)COC(=O)/C(C#N)=C/c1ccc(N(C)C)cc1. The first kappa shape index (κ1) is 21.7. The number of esters is 1. The lowest BCUT2D eigenvalue weighted by atomic mass is 10.1. The topological polar surface area (TPSA) is 73.6 Å². The summed E-state index contributed by atoms with van der Waals surface area (Å²) in [7, 11) is 5.50. The number of aryl methyl sites for hydroxylation is 1. The molecule has 0 aliphatic carbocycles. The van der Waals surface area contributed by atoms with Crippen LogP contribution in [-0.2, 0) is 20.9 Å². The molecule has 6 nitrogen and oxygen atoms in total. The summed E-state index contributed by atoms with van der Waals surface area (Å²) >= 11 is 0. The van der Waals surface area contributed by atoms with Gasteiger partial charge in [0.2, 0.25) is 0 Å². The minimum atomic E-state index is -0.818. The summed E-state index contributed by atoms with van der Waals surface area (Å²) in [5.74, 6) is -1.16. The molecule has 1 amide bonds. The lowest BCUT2D eigenvalue weighted by molar-refractivity contribution is -0.148. The molecule has 0 bridgehead atoms. The van der Waals surface area contributed by atoms with E-state index in [-0.39, 0.29) is 11.5 Å². The second-order valence-corrected chi connectivity index (χ2v) is 6.91. The third-order valence-corrected chi connectivity index (χ3v) is 4.48. The molecule has 0 atom stereocenters. The predicted molar refractivity (Wildman–Crippen MR) is 113 cm³/mol. The molecule has 0 heterocycles. The van der Waals surface area contributed by atoms with E-state index in [1.54, 1.807) is 19.2 Å². The Morgan fingerprint density at radius 1 is 1.07 bits per heavy atom. The van der Waals surface area contributed by atoms with E-state index in [9.17, 15) is 14.9 Å². The van der Waals surface area contributed by atoms with Crippen LogP contribution in [0.25, 0.3) is 6.08 Å². The quantitative estimate of drug-likeness (QED) is 0.412. The van der Waals surface area contributed by atoms with Crippen molar-refractivity contribution in [1.29, 1.82) is 5.26 Å². The van der Waals surface area contributed by atoms with Gasteiger partial charge in [0.15, 0.2) is 6.61 Å². The molecule has 0 aliphatic rings. The van der Waals surface area contributed by atoms with Crippen LogP contribution >= 0.6 is 0 Å². The second-order valence-electron chi connectivity index (χ2n) is 6.91. The smallest absolute Gasteiger partial charge is 0.349 e. The highest BCUT2D eigenvalue weighted by molar-refractivity contribution is 5.98. The van der Waals surface area contributed by atoms with Crippen molar-refractivity contribution >= 4 is 23.6 Å². The maximum absolute atomic E-state index is 12.3. The number of nitriles is 1. The Morgan fingerprint density at radius 3 is 2.31 bits per heavy atom. The zero-order valence-electron chi connectivity index (χ0n) is 17.2. The summed E-state index contributed by atoms with van der Waals surface area (Å²) in [6.07, 6.45) is 1.45. The van der Waals surface area contributed by atoms with E-state index in [2.05, 4.69) is 0 Å². The number of rotatable bonds is 7. The largest absolute Gasteiger partial charge is 0.451 e. The number of anilines is 1. The maximum atomic E-state index is 12.3. The van der Waals surface area contributed by atoms with Gasteiger partial charge in [0.25, 0.3) is 5.91 Å². The van der Waals surface area contributed by atoms with Crippen molar-refractivity contribution in [2.24, 2.45) is 0 Å². The Labute approximate surface area is 171 Å². The van der Waals surface area contributed by atoms with Gasteiger partial charge in [-0.05, 0) is 41.8 Å². The van der Waals surface area contributed by atoms with Gasteiger partial charge in [-0.25, -0.2) is 4.79 Å². The lowest BCUT2D eigenvalue weighted by Crippen LogP contribution is -2.31. The molecule has 0 fully saturated rings. The maximum Gasteiger partial charge on any atom is 0.349 e. The summed E-state index contributed by atoms with van der Waals surface area (Å²) in [6, 6.07) is 17.0. The monoisotopic (exact) mass is 391 g/mol. The fourth-order valence-corrected chi connectivity index (χ4v) is 2.62. The second kappa shape index (κ2) is 10.1. The van der Waals surface area contributed by atoms with Gasteiger partial charge in [-0.3, -0.25) is 4.79 Å². The van der Waals surface area contributed by atoms with Crippen molar-refractivity contribution in [1.82, 2.24) is 4.90 Å². The predicted octanol–water partition coefficient (Wildman–Crippen LogP) is 3.17. The molecule has 29 heavy (non-hydrogen) atoms. The third kappa shape index (κ3) is 6.22. The molecule has 0 unspecified atom stereocenters. The van der Waals surface area contributed by atoms with Gasteiger partial charge >= 0.3 is 5.97 Å². The minimum absolute atomic E-state index is 0.156. The normalized spacial score (nSPS) is 10.8. The molecule has 0 aromatic heterocycles. The van der Waals surface area contributed by atoms with E-state index in [0.717, 1.165) is 16.8 Å². The fourth-order valence-electron chi connectivity index (χ4n) is 2.62. The molecular formula is C23H25N3O3. The van der Waals surface area contributed by atoms with Crippen LogP contribution in [0.2, 0.25) is 0 Å². The number of benzene rings is 2. The van der Waals surface area contributed by atoms with Crippen LogP contribution in [0.1, 0.15) is 16.7 Å². The molecule has 0 N–H and O–H groups in total. The van der Waals surface area contributed by atoms with Crippen LogP contribution in [0.3, 0.4) is 0 Å². The van der Waals surface area contributed by atoms with Gasteiger partial charge in [-0.2, -0.15) is 5.26 Å². The zero-order chi connectivity index (χ0) is 21.4. The number of hydrogen-bond acceptors (Lipinski definition) is 5. The Balaban J connectivity index is 1.96. The van der Waals surface area contributed by atoms with Crippen molar-refractivity contribution < 1.29 is 14.3 Å². The van der Waals surface area contributed by atoms with E-state index in [1.165, 1.54) is 11.0 Å². The van der Waals surface area contributed by atoms with Gasteiger partial charge in [0.05, 0.1) is 0 Å². The van der Waals surface area contributed by atoms with E-state index in [4.69, 9.17) is 4.74 Å². The van der Waals surface area contributed by atoms with E-state index in [1.807, 2.05) is 68.4 Å². The van der Waals surface area contributed by atoms with Gasteiger partial charge in [0.1, 0.15) is 11.6 Å². The molecule has 2 aromatic carbocycles. The first-order chi connectivity index (χ1) is 13.8. The Morgan fingerprint density at radius 2 is 1.72 bits per heavy atom. The van der Waals surface area contributed by atoms with Gasteiger partial charge in [-0.1, -0.05) is 36.4 Å². The van der Waals surface area contributed by atoms with Gasteiger partial charge in [0, 0.05) is 33.4 Å². The van der Waals surface area contributed by atoms with Gasteiger partial charge in [-0.15, -0.1) is 0 Å². The molecule has 0 spiro atoms. The van der Waals surface area contributed by atoms with Crippen LogP contribution in [-0.4, -0.2) is 44.5 Å². The van der Waals surface area contributed by atoms with Crippen LogP contribution < -0.4 is 4.90 Å². The highest BCUT2D eigenvalue weighted by atomic mass is 16.5. The standard InChI is InChI=1S/C23H25N3O3/c1-17-7-5-6-8-19(17)15-26(4)22(27)16-29-23(28)20(14-24)13-18-9-11-21(12-10-18)25(2)3/h5-13H,15-16H2,1-4H3/b20-13+. The van der Waals surface area contributed by atoms with Crippen LogP contribution in [0.4, 0.5) is 5.69 Å². The number of amides is 1. The van der Waals surface area contributed by atoms with Crippen molar-refractivity contribution in [3.8, 4) is 6.07 Å². The summed E-state index contributed by atoms with van der Waals surface area (Å²) < 4.78 is 5.05. The van der Waals surface area contributed by atoms with Crippen molar-refractivity contribution in [3.63, 3.8) is 0 Å². The molecular weight excluding hydrogens is 366 g/mol. The zero-order valence-corrected chi connectivity index (χ0v) is 17.2. The van der Waals surface area contributed by atoms with E-state index < -0.39 is 12.6 Å². The number of likely N-dealkylation sites (N-methyl/N-ethyl adjacent to an activating group) is 1. The molecule has 150 valence electrons. The number of nitrogens with zero attached hydrogens (tertiary/aromatic N) is 3. The Kier molecular flexibility index (Phi) is 7.55. The van der Waals surface area contributed by atoms with Crippen molar-refractivity contribution in [2.45, 2.75) is 13.5 Å². The molecule has 6 heteroatoms. The molecule has 0 saturated carbocycles. The molecule has 0 aliphatic heterocycles. The van der Waals surface area contributed by atoms with Crippen molar-refractivity contribution in [3.05, 3.63) is 70.8 Å². The molecule has 0 radical (unpaired) electrons. The molecule has 0 saturated heterocycles. The molecule has 2 rings (SSSR count). The van der Waals surface area contributed by atoms with Crippen LogP contribution in [0.15, 0.2) is 54.1 Å². The Hall–Kier alpha value is -3.59. The first-order valence-electron chi connectivity index (χ1n) is 9.16. The average molecular weight is 391 g/mol. The van der Waals surface area contributed by atoms with E-state index in [0.29, 0.717) is 12.1 Å². The van der Waals surface area contributed by atoms with E-state index >= 15 is 0 Å². The highest BCUT2D eigenvalue weighted by Gasteiger charge is 2.16. The third-order valence-electron chi connectivity index (χ3n) is 4.48. The summed E-state index contributed by atoms with van der Waals surface area (Å²) in [5.41, 5.74) is 3.65. The average Bonchev–Trinajstić information content (AvgIpc) is 2.71. The number of carbonyl (C=O) groups excluding carboxylic acids is 2. The Bertz CT molecular complexity index is 941. The lowest BCUT2D eigenvalue weighted by Gasteiger charge is -2.18.